The maximum atomic E-state index is 12.7. The lowest BCUT2D eigenvalue weighted by Gasteiger charge is -2.20. The summed E-state index contributed by atoms with van der Waals surface area (Å²) in [5.74, 6) is 0. The normalized spacial score (nSPS) is 12.7. The average Bonchev–Trinajstić information content (AvgIpc) is 2.37. The first-order chi connectivity index (χ1) is 9.82. The maximum Gasteiger partial charge on any atom is 0.256 e. The smallest absolute Gasteiger partial charge is 0.256 e. The Morgan fingerprint density at radius 3 is 2.24 bits per heavy atom. The van der Waals surface area contributed by atoms with Crippen LogP contribution in [0.5, 0.6) is 0 Å². The van der Waals surface area contributed by atoms with Gasteiger partial charge >= 0.3 is 0 Å². The molecule has 1 heterocycles. The molecule has 0 fully saturated rings. The van der Waals surface area contributed by atoms with Crippen LogP contribution < -0.4 is 11.3 Å². The zero-order valence-electron chi connectivity index (χ0n) is 13.5. The Balaban J connectivity index is 2.75. The number of rotatable bonds is 3. The molecular weight excluding hydrogens is 260 g/mol. The summed E-state index contributed by atoms with van der Waals surface area (Å²) < 4.78 is 1.84. The lowest BCUT2D eigenvalue weighted by molar-refractivity contribution is 0.574. The molecular formula is C18H24N2O. The van der Waals surface area contributed by atoms with Crippen molar-refractivity contribution in [1.82, 2.24) is 4.57 Å². The van der Waals surface area contributed by atoms with Crippen molar-refractivity contribution in [3.05, 3.63) is 57.4 Å². The van der Waals surface area contributed by atoms with Gasteiger partial charge in [0.25, 0.3) is 5.56 Å². The highest BCUT2D eigenvalue weighted by molar-refractivity contribution is 5.65. The van der Waals surface area contributed by atoms with Crippen molar-refractivity contribution in [2.45, 2.75) is 46.7 Å². The number of aryl methyl sites for hydroxylation is 2. The third kappa shape index (κ3) is 2.93. The first kappa shape index (κ1) is 15.5. The molecule has 1 atom stereocenters. The van der Waals surface area contributed by atoms with Crippen LogP contribution in [0.3, 0.4) is 0 Å². The molecule has 0 aliphatic carbocycles. The molecule has 0 aliphatic heterocycles. The van der Waals surface area contributed by atoms with Gasteiger partial charge in [-0.15, -0.1) is 0 Å². The quantitative estimate of drug-likeness (QED) is 0.933. The highest BCUT2D eigenvalue weighted by atomic mass is 16.1. The zero-order chi connectivity index (χ0) is 15.7. The number of hydrogen-bond acceptors (Lipinski definition) is 2. The minimum Gasteiger partial charge on any atom is -0.324 e. The van der Waals surface area contributed by atoms with E-state index in [9.17, 15) is 4.79 Å². The highest BCUT2D eigenvalue weighted by Gasteiger charge is 2.16. The lowest BCUT2D eigenvalue weighted by Crippen LogP contribution is -2.29. The largest absolute Gasteiger partial charge is 0.324 e. The van der Waals surface area contributed by atoms with Crippen molar-refractivity contribution in [3.8, 4) is 11.3 Å². The number of hydrogen-bond donors (Lipinski definition) is 1. The minimum absolute atomic E-state index is 0.0116. The van der Waals surface area contributed by atoms with Gasteiger partial charge in [0.05, 0.1) is 5.69 Å². The fourth-order valence-corrected chi connectivity index (χ4v) is 2.75. The Kier molecular flexibility index (Phi) is 4.33. The summed E-state index contributed by atoms with van der Waals surface area (Å²) in [6, 6.07) is 10.0. The summed E-state index contributed by atoms with van der Waals surface area (Å²) in [5, 5.41) is 0. The van der Waals surface area contributed by atoms with Crippen molar-refractivity contribution >= 4 is 0 Å². The SMILES string of the molecule is Cc1ccc(-c2ccc(C(C)N)c(=O)n2C(C)C)c(C)c1. The van der Waals surface area contributed by atoms with Gasteiger partial charge in [0, 0.05) is 23.2 Å². The Labute approximate surface area is 126 Å². The predicted molar refractivity (Wildman–Crippen MR) is 88.6 cm³/mol. The second kappa shape index (κ2) is 5.86. The van der Waals surface area contributed by atoms with Crippen molar-refractivity contribution in [1.29, 1.82) is 0 Å². The van der Waals surface area contributed by atoms with E-state index < -0.39 is 0 Å². The van der Waals surface area contributed by atoms with E-state index in [1.165, 1.54) is 11.1 Å². The van der Waals surface area contributed by atoms with Crippen molar-refractivity contribution in [2.24, 2.45) is 5.73 Å². The Morgan fingerprint density at radius 2 is 1.71 bits per heavy atom. The molecule has 0 amide bonds. The number of pyridine rings is 1. The van der Waals surface area contributed by atoms with Crippen LogP contribution in [0.25, 0.3) is 11.3 Å². The van der Waals surface area contributed by atoms with Crippen LogP contribution >= 0.6 is 0 Å². The second-order valence-corrected chi connectivity index (χ2v) is 6.05. The first-order valence-corrected chi connectivity index (χ1v) is 7.41. The van der Waals surface area contributed by atoms with Gasteiger partial charge < -0.3 is 10.3 Å². The summed E-state index contributed by atoms with van der Waals surface area (Å²) in [5.41, 5.74) is 11.0. The fraction of sp³-hybridized carbons (Fsp3) is 0.389. The molecule has 0 saturated carbocycles. The molecule has 112 valence electrons. The fourth-order valence-electron chi connectivity index (χ4n) is 2.75. The van der Waals surface area contributed by atoms with E-state index in [1.54, 1.807) is 0 Å². The number of nitrogens with zero attached hydrogens (tertiary/aromatic N) is 1. The maximum absolute atomic E-state index is 12.7. The van der Waals surface area contributed by atoms with E-state index in [1.807, 2.05) is 37.5 Å². The summed E-state index contributed by atoms with van der Waals surface area (Å²) >= 11 is 0. The molecule has 1 aromatic carbocycles. The van der Waals surface area contributed by atoms with E-state index in [0.29, 0.717) is 5.56 Å². The summed E-state index contributed by atoms with van der Waals surface area (Å²) in [6.45, 7) is 10.1. The molecule has 1 aromatic heterocycles. The van der Waals surface area contributed by atoms with E-state index in [2.05, 4.69) is 32.0 Å². The van der Waals surface area contributed by atoms with Gasteiger partial charge in [-0.2, -0.15) is 0 Å². The van der Waals surface area contributed by atoms with Gasteiger partial charge in [0.1, 0.15) is 0 Å². The number of aromatic nitrogens is 1. The third-order valence-electron chi connectivity index (χ3n) is 3.81. The van der Waals surface area contributed by atoms with Gasteiger partial charge in [-0.25, -0.2) is 0 Å². The first-order valence-electron chi connectivity index (χ1n) is 7.41. The van der Waals surface area contributed by atoms with E-state index in [0.717, 1.165) is 11.3 Å². The Hall–Kier alpha value is -1.87. The number of benzene rings is 1. The van der Waals surface area contributed by atoms with Crippen LogP contribution in [0.15, 0.2) is 35.1 Å². The molecule has 0 spiro atoms. The summed E-state index contributed by atoms with van der Waals surface area (Å²) in [6.07, 6.45) is 0. The predicted octanol–water partition coefficient (Wildman–Crippen LogP) is 3.73. The van der Waals surface area contributed by atoms with Crippen molar-refractivity contribution in [2.75, 3.05) is 0 Å². The molecule has 2 rings (SSSR count). The van der Waals surface area contributed by atoms with E-state index in [-0.39, 0.29) is 17.6 Å². The molecule has 2 N–H and O–H groups in total. The average molecular weight is 284 g/mol. The molecule has 2 aromatic rings. The highest BCUT2D eigenvalue weighted by Crippen LogP contribution is 2.26. The Bertz CT molecular complexity index is 712. The van der Waals surface area contributed by atoms with Crippen LogP contribution in [-0.4, -0.2) is 4.57 Å². The van der Waals surface area contributed by atoms with Crippen LogP contribution in [0, 0.1) is 13.8 Å². The number of nitrogens with two attached hydrogens (primary N) is 1. The van der Waals surface area contributed by atoms with Gasteiger partial charge in [-0.1, -0.05) is 23.8 Å². The molecule has 3 heteroatoms. The third-order valence-corrected chi connectivity index (χ3v) is 3.81. The molecule has 0 aliphatic rings. The molecule has 0 bridgehead atoms. The second-order valence-electron chi connectivity index (χ2n) is 6.05. The van der Waals surface area contributed by atoms with Crippen LogP contribution in [0.4, 0.5) is 0 Å². The summed E-state index contributed by atoms with van der Waals surface area (Å²) in [4.78, 5) is 12.7. The van der Waals surface area contributed by atoms with E-state index in [4.69, 9.17) is 5.73 Å². The standard InChI is InChI=1S/C18H24N2O/c1-11(2)20-17(9-8-16(14(5)19)18(20)21)15-7-6-12(3)10-13(15)4/h6-11,14H,19H2,1-5H3. The molecule has 0 saturated heterocycles. The molecule has 21 heavy (non-hydrogen) atoms. The lowest BCUT2D eigenvalue weighted by atomic mass is 10.0. The topological polar surface area (TPSA) is 48.0 Å². The van der Waals surface area contributed by atoms with Crippen LogP contribution in [0.2, 0.25) is 0 Å². The van der Waals surface area contributed by atoms with Crippen LogP contribution in [-0.2, 0) is 0 Å². The van der Waals surface area contributed by atoms with Crippen molar-refractivity contribution < 1.29 is 0 Å². The monoisotopic (exact) mass is 284 g/mol. The Morgan fingerprint density at radius 1 is 1.05 bits per heavy atom. The van der Waals surface area contributed by atoms with Gasteiger partial charge in [0.15, 0.2) is 0 Å². The molecule has 0 radical (unpaired) electrons. The zero-order valence-corrected chi connectivity index (χ0v) is 13.5. The van der Waals surface area contributed by atoms with Gasteiger partial charge in [-0.3, -0.25) is 4.79 Å². The van der Waals surface area contributed by atoms with Crippen molar-refractivity contribution in [3.63, 3.8) is 0 Å². The van der Waals surface area contributed by atoms with E-state index >= 15 is 0 Å². The van der Waals surface area contributed by atoms with Crippen LogP contribution in [0.1, 0.15) is 49.5 Å². The van der Waals surface area contributed by atoms with Gasteiger partial charge in [0.2, 0.25) is 0 Å². The van der Waals surface area contributed by atoms with Gasteiger partial charge in [-0.05, 0) is 52.3 Å². The molecule has 3 nitrogen and oxygen atoms in total. The summed E-state index contributed by atoms with van der Waals surface area (Å²) in [7, 11) is 0. The molecule has 1 unspecified atom stereocenters. The minimum atomic E-state index is -0.254.